The van der Waals surface area contributed by atoms with E-state index in [0.29, 0.717) is 28.9 Å². The van der Waals surface area contributed by atoms with E-state index < -0.39 is 44.3 Å². The van der Waals surface area contributed by atoms with Crippen molar-refractivity contribution < 1.29 is 26.4 Å². The molecule has 1 unspecified atom stereocenters. The lowest BCUT2D eigenvalue weighted by molar-refractivity contribution is -0.120. The molecule has 1 saturated heterocycles. The number of fused-ring (bicyclic) bond motifs is 2. The maximum atomic E-state index is 13.8. The first kappa shape index (κ1) is 30.7. The number of rotatable bonds is 7. The van der Waals surface area contributed by atoms with Crippen LogP contribution in [0.15, 0.2) is 64.5 Å². The lowest BCUT2D eigenvalue weighted by Gasteiger charge is -2.40. The van der Waals surface area contributed by atoms with E-state index in [9.17, 15) is 26.4 Å². The number of carbonyl (C=O) groups excluding carboxylic acids is 2. The number of sulfonamides is 2. The molecular weight excluding hydrogens is 648 g/mol. The van der Waals surface area contributed by atoms with Crippen LogP contribution in [0.4, 0.5) is 0 Å². The number of H-pyrrole nitrogens is 1. The lowest BCUT2D eigenvalue weighted by atomic mass is 10.1. The van der Waals surface area contributed by atoms with E-state index in [-0.39, 0.29) is 34.6 Å². The molecule has 2 aromatic heterocycles. The van der Waals surface area contributed by atoms with Gasteiger partial charge in [-0.15, -0.1) is 11.3 Å². The topological polar surface area (TPSA) is 153 Å². The molecule has 4 aromatic rings. The molecule has 0 aliphatic carbocycles. The van der Waals surface area contributed by atoms with Gasteiger partial charge in [0.2, 0.25) is 5.91 Å². The zero-order valence-corrected chi connectivity index (χ0v) is 26.8. The van der Waals surface area contributed by atoms with Crippen LogP contribution in [-0.2, 0) is 37.8 Å². The van der Waals surface area contributed by atoms with Gasteiger partial charge < -0.3 is 14.8 Å². The second-order valence-corrected chi connectivity index (χ2v) is 15.9. The largest absolute Gasteiger partial charge is 0.345 e. The van der Waals surface area contributed by atoms with Crippen molar-refractivity contribution in [3.05, 3.63) is 75.2 Å². The van der Waals surface area contributed by atoms with Crippen LogP contribution in [0.1, 0.15) is 26.8 Å². The van der Waals surface area contributed by atoms with Crippen LogP contribution in [-0.4, -0.2) is 92.0 Å². The van der Waals surface area contributed by atoms with Gasteiger partial charge in [0, 0.05) is 66.4 Å². The van der Waals surface area contributed by atoms with Gasteiger partial charge in [-0.1, -0.05) is 29.8 Å². The molecule has 0 saturated carbocycles. The highest BCUT2D eigenvalue weighted by Gasteiger charge is 2.39. The highest BCUT2D eigenvalue weighted by Crippen LogP contribution is 2.29. The zero-order chi connectivity index (χ0) is 31.2. The SMILES string of the molecule is CN1CCc2nc(C(=O)N3CCN(S(=O)(=O)c4cc5cc(Cl)ccc5[nH]4)CC3CC(=O)NS(=O)(=O)c3ccccc3)sc2C1. The smallest absolute Gasteiger partial charge is 0.283 e. The number of carbonyl (C=O) groups is 2. The molecular formula is C28H29ClN6O6S3. The molecule has 1 fully saturated rings. The Morgan fingerprint density at radius 2 is 1.84 bits per heavy atom. The number of piperazine rings is 1. The van der Waals surface area contributed by atoms with Crippen molar-refractivity contribution >= 4 is 65.7 Å². The standard InChI is InChI=1S/C28H29ClN6O6S3/c1-33-10-9-23-24(17-33)42-27(31-23)28(37)35-12-11-34(44(40,41)26-14-18-13-19(29)7-8-22(18)30-26)16-20(35)15-25(36)32-43(38,39)21-5-3-2-4-6-21/h2-8,13-14,20,30H,9-12,15-17H2,1H3,(H,32,36). The molecule has 16 heteroatoms. The van der Waals surface area contributed by atoms with Crippen LogP contribution >= 0.6 is 22.9 Å². The fourth-order valence-corrected chi connectivity index (χ4v) is 9.27. The molecule has 0 spiro atoms. The summed E-state index contributed by atoms with van der Waals surface area (Å²) in [6, 6.07) is 12.9. The van der Waals surface area contributed by atoms with Gasteiger partial charge >= 0.3 is 0 Å². The van der Waals surface area contributed by atoms with Crippen LogP contribution in [0.2, 0.25) is 5.02 Å². The monoisotopic (exact) mass is 676 g/mol. The summed E-state index contributed by atoms with van der Waals surface area (Å²) in [6.07, 6.45) is 0.264. The molecule has 0 radical (unpaired) electrons. The van der Waals surface area contributed by atoms with Gasteiger partial charge in [0.15, 0.2) is 5.01 Å². The summed E-state index contributed by atoms with van der Waals surface area (Å²) >= 11 is 7.37. The number of thiazole rings is 1. The summed E-state index contributed by atoms with van der Waals surface area (Å²) in [5.41, 5.74) is 1.45. The highest BCUT2D eigenvalue weighted by molar-refractivity contribution is 7.90. The van der Waals surface area contributed by atoms with Crippen molar-refractivity contribution in [2.24, 2.45) is 0 Å². The third kappa shape index (κ3) is 6.12. The van der Waals surface area contributed by atoms with Gasteiger partial charge in [-0.05, 0) is 43.4 Å². The predicted octanol–water partition coefficient (Wildman–Crippen LogP) is 2.68. The number of halogens is 1. The quantitative estimate of drug-likeness (QED) is 0.303. The summed E-state index contributed by atoms with van der Waals surface area (Å²) < 4.78 is 56.4. The Labute approximate surface area is 263 Å². The number of likely N-dealkylation sites (N-methyl/N-ethyl adjacent to an activating group) is 1. The lowest BCUT2D eigenvalue weighted by Crippen LogP contribution is -2.57. The number of nitrogens with zero attached hydrogens (tertiary/aromatic N) is 4. The molecule has 6 rings (SSSR count). The Morgan fingerprint density at radius 1 is 1.07 bits per heavy atom. The minimum atomic E-state index is -4.18. The molecule has 2 aliphatic rings. The maximum Gasteiger partial charge on any atom is 0.283 e. The third-order valence-electron chi connectivity index (χ3n) is 7.71. The fraction of sp³-hybridized carbons (Fsp3) is 0.321. The summed E-state index contributed by atoms with van der Waals surface area (Å²) in [6.45, 7) is 1.22. The van der Waals surface area contributed by atoms with Crippen molar-refractivity contribution in [3.63, 3.8) is 0 Å². The Bertz CT molecular complexity index is 1960. The van der Waals surface area contributed by atoms with Gasteiger partial charge in [-0.2, -0.15) is 4.31 Å². The summed E-state index contributed by atoms with van der Waals surface area (Å²) in [4.78, 5) is 38.9. The number of hydrogen-bond donors (Lipinski definition) is 2. The number of hydrogen-bond acceptors (Lipinski definition) is 9. The van der Waals surface area contributed by atoms with Crippen LogP contribution < -0.4 is 4.72 Å². The number of aromatic amines is 1. The molecule has 2 amide bonds. The molecule has 232 valence electrons. The normalized spacial score (nSPS) is 18.3. The second kappa shape index (κ2) is 11.9. The van der Waals surface area contributed by atoms with Crippen molar-refractivity contribution in [2.45, 2.75) is 35.3 Å². The van der Waals surface area contributed by atoms with Crippen molar-refractivity contribution in [3.8, 4) is 0 Å². The third-order valence-corrected chi connectivity index (χ3v) is 12.2. The van der Waals surface area contributed by atoms with Gasteiger partial charge in [0.25, 0.3) is 26.0 Å². The predicted molar refractivity (Wildman–Crippen MR) is 165 cm³/mol. The minimum absolute atomic E-state index is 0.0162. The first-order valence-electron chi connectivity index (χ1n) is 13.8. The first-order valence-corrected chi connectivity index (χ1v) is 17.9. The Kier molecular flexibility index (Phi) is 8.28. The van der Waals surface area contributed by atoms with Crippen LogP contribution in [0.25, 0.3) is 10.9 Å². The second-order valence-electron chi connectivity index (χ2n) is 10.8. The number of benzene rings is 2. The first-order chi connectivity index (χ1) is 20.9. The molecule has 2 N–H and O–H groups in total. The van der Waals surface area contributed by atoms with E-state index in [0.717, 1.165) is 17.1 Å². The fourth-order valence-electron chi connectivity index (χ4n) is 5.44. The molecule has 2 aromatic carbocycles. The van der Waals surface area contributed by atoms with Gasteiger partial charge in [-0.3, -0.25) is 9.59 Å². The number of amides is 2. The van der Waals surface area contributed by atoms with E-state index in [1.165, 1.54) is 50.9 Å². The minimum Gasteiger partial charge on any atom is -0.345 e. The number of aromatic nitrogens is 2. The summed E-state index contributed by atoms with van der Waals surface area (Å²) in [5, 5.41) is 1.28. The zero-order valence-electron chi connectivity index (χ0n) is 23.6. The van der Waals surface area contributed by atoms with Gasteiger partial charge in [-0.25, -0.2) is 26.5 Å². The van der Waals surface area contributed by atoms with Crippen molar-refractivity contribution in [1.82, 2.24) is 28.8 Å². The van der Waals surface area contributed by atoms with Crippen molar-refractivity contribution in [2.75, 3.05) is 33.2 Å². The Balaban J connectivity index is 1.27. The van der Waals surface area contributed by atoms with E-state index in [2.05, 4.69) is 19.6 Å². The van der Waals surface area contributed by atoms with Gasteiger partial charge in [0.05, 0.1) is 16.6 Å². The molecule has 0 bridgehead atoms. The molecule has 4 heterocycles. The highest BCUT2D eigenvalue weighted by atomic mass is 35.5. The molecule has 2 aliphatic heterocycles. The summed E-state index contributed by atoms with van der Waals surface area (Å²) in [5.74, 6) is -1.29. The maximum absolute atomic E-state index is 13.8. The molecule has 1 atom stereocenters. The van der Waals surface area contributed by atoms with Crippen LogP contribution in [0.5, 0.6) is 0 Å². The van der Waals surface area contributed by atoms with Crippen molar-refractivity contribution in [1.29, 1.82) is 0 Å². The van der Waals surface area contributed by atoms with E-state index in [4.69, 9.17) is 11.6 Å². The Morgan fingerprint density at radius 3 is 2.61 bits per heavy atom. The molecule has 12 nitrogen and oxygen atoms in total. The van der Waals surface area contributed by atoms with Gasteiger partial charge in [0.1, 0.15) is 5.03 Å². The Hall–Kier alpha value is -3.34. The summed E-state index contributed by atoms with van der Waals surface area (Å²) in [7, 11) is -6.26. The molecule has 44 heavy (non-hydrogen) atoms. The average Bonchev–Trinajstić information content (AvgIpc) is 3.61. The average molecular weight is 677 g/mol. The van der Waals surface area contributed by atoms with E-state index in [1.54, 1.807) is 24.3 Å². The van der Waals surface area contributed by atoms with Crippen LogP contribution in [0, 0.1) is 0 Å². The van der Waals surface area contributed by atoms with E-state index in [1.807, 2.05) is 7.05 Å². The van der Waals surface area contributed by atoms with Crippen LogP contribution in [0.3, 0.4) is 0 Å². The number of nitrogens with one attached hydrogen (secondary N) is 2. The van der Waals surface area contributed by atoms with E-state index >= 15 is 0 Å².